The van der Waals surface area contributed by atoms with Crippen molar-refractivity contribution in [1.82, 2.24) is 5.32 Å². The summed E-state index contributed by atoms with van der Waals surface area (Å²) in [5.74, 6) is 0. The number of rotatable bonds is 3. The number of alkyl halides is 3. The van der Waals surface area contributed by atoms with Gasteiger partial charge < -0.3 is 10.1 Å². The van der Waals surface area contributed by atoms with Crippen LogP contribution in [0.4, 0.5) is 13.2 Å². The van der Waals surface area contributed by atoms with Gasteiger partial charge in [0.05, 0.1) is 6.10 Å². The molecule has 1 fully saturated rings. The van der Waals surface area contributed by atoms with Crippen LogP contribution in [0.2, 0.25) is 0 Å². The van der Waals surface area contributed by atoms with Gasteiger partial charge in [-0.2, -0.15) is 13.2 Å². The zero-order chi connectivity index (χ0) is 11.5. The van der Waals surface area contributed by atoms with Crippen molar-refractivity contribution >= 4 is 0 Å². The Kier molecular flexibility index (Phi) is 4.40. The van der Waals surface area contributed by atoms with Crippen molar-refractivity contribution in [3.05, 3.63) is 0 Å². The van der Waals surface area contributed by atoms with Crippen LogP contribution in [0.15, 0.2) is 0 Å². The molecular weight excluding hydrogens is 207 g/mol. The van der Waals surface area contributed by atoms with Crippen LogP contribution < -0.4 is 5.32 Å². The van der Waals surface area contributed by atoms with Gasteiger partial charge >= 0.3 is 6.18 Å². The molecule has 90 valence electrons. The van der Waals surface area contributed by atoms with Crippen LogP contribution in [0, 0.1) is 0 Å². The molecule has 0 bridgehead atoms. The van der Waals surface area contributed by atoms with E-state index >= 15 is 0 Å². The molecule has 2 nitrogen and oxygen atoms in total. The topological polar surface area (TPSA) is 21.3 Å². The van der Waals surface area contributed by atoms with Crippen LogP contribution in [0.25, 0.3) is 0 Å². The summed E-state index contributed by atoms with van der Waals surface area (Å²) in [5.41, 5.74) is 0. The van der Waals surface area contributed by atoms with E-state index in [0.717, 1.165) is 6.42 Å². The van der Waals surface area contributed by atoms with E-state index in [9.17, 15) is 13.2 Å². The highest BCUT2D eigenvalue weighted by Gasteiger charge is 2.44. The Morgan fingerprint density at radius 1 is 1.33 bits per heavy atom. The molecule has 1 heterocycles. The van der Waals surface area contributed by atoms with Crippen molar-refractivity contribution in [3.8, 4) is 0 Å². The van der Waals surface area contributed by atoms with Gasteiger partial charge in [-0.05, 0) is 26.2 Å². The predicted octanol–water partition coefficient (Wildman–Crippen LogP) is 2.48. The molecule has 1 N–H and O–H groups in total. The molecule has 1 aliphatic heterocycles. The molecule has 15 heavy (non-hydrogen) atoms. The number of halogens is 3. The fraction of sp³-hybridized carbons (Fsp3) is 1.00. The largest absolute Gasteiger partial charge is 0.403 e. The molecule has 0 aliphatic carbocycles. The molecule has 0 aromatic rings. The predicted molar refractivity (Wildman–Crippen MR) is 51.7 cm³/mol. The normalized spacial score (nSPS) is 33.0. The SMILES string of the molecule is CCCOC1CC(C)NC(C(F)(F)F)C1. The van der Waals surface area contributed by atoms with Crippen molar-refractivity contribution in [2.45, 2.75) is 57.5 Å². The maximum Gasteiger partial charge on any atom is 0.403 e. The molecule has 0 aromatic heterocycles. The molecule has 1 saturated heterocycles. The Hall–Kier alpha value is -0.290. The molecule has 0 spiro atoms. The first-order valence-electron chi connectivity index (χ1n) is 5.37. The van der Waals surface area contributed by atoms with E-state index in [1.807, 2.05) is 6.92 Å². The molecule has 0 amide bonds. The van der Waals surface area contributed by atoms with E-state index in [0.29, 0.717) is 13.0 Å². The molecule has 0 aromatic carbocycles. The minimum atomic E-state index is -4.16. The Labute approximate surface area is 88.2 Å². The molecule has 5 heteroatoms. The highest BCUT2D eigenvalue weighted by molar-refractivity contribution is 4.88. The number of ether oxygens (including phenoxy) is 1. The summed E-state index contributed by atoms with van der Waals surface area (Å²) in [4.78, 5) is 0. The summed E-state index contributed by atoms with van der Waals surface area (Å²) < 4.78 is 42.9. The van der Waals surface area contributed by atoms with Crippen molar-refractivity contribution in [2.75, 3.05) is 6.61 Å². The number of hydrogen-bond acceptors (Lipinski definition) is 2. The molecule has 1 aliphatic rings. The first kappa shape index (κ1) is 12.8. The molecule has 1 rings (SSSR count). The lowest BCUT2D eigenvalue weighted by molar-refractivity contribution is -0.173. The minimum absolute atomic E-state index is 0.0356. The van der Waals surface area contributed by atoms with Gasteiger partial charge in [0, 0.05) is 12.6 Å². The Balaban J connectivity index is 2.48. The number of hydrogen-bond donors (Lipinski definition) is 1. The number of piperidine rings is 1. The summed E-state index contributed by atoms with van der Waals surface area (Å²) in [6, 6.07) is -1.55. The molecule has 3 atom stereocenters. The summed E-state index contributed by atoms with van der Waals surface area (Å²) in [7, 11) is 0. The van der Waals surface area contributed by atoms with Gasteiger partial charge in [-0.3, -0.25) is 0 Å². The third kappa shape index (κ3) is 3.99. The van der Waals surface area contributed by atoms with Gasteiger partial charge in [0.1, 0.15) is 6.04 Å². The van der Waals surface area contributed by atoms with Crippen LogP contribution in [0.1, 0.15) is 33.1 Å². The molecule has 0 saturated carbocycles. The highest BCUT2D eigenvalue weighted by Crippen LogP contribution is 2.29. The van der Waals surface area contributed by atoms with Crippen molar-refractivity contribution in [3.63, 3.8) is 0 Å². The summed E-state index contributed by atoms with van der Waals surface area (Å²) in [6.07, 6.45) is -2.88. The van der Waals surface area contributed by atoms with E-state index in [1.54, 1.807) is 6.92 Å². The fourth-order valence-electron chi connectivity index (χ4n) is 1.88. The third-order valence-electron chi connectivity index (χ3n) is 2.55. The van der Waals surface area contributed by atoms with Gasteiger partial charge in [-0.25, -0.2) is 0 Å². The first-order chi connectivity index (χ1) is 6.93. The second-order valence-electron chi connectivity index (χ2n) is 4.13. The summed E-state index contributed by atoms with van der Waals surface area (Å²) in [5, 5.41) is 2.56. The zero-order valence-electron chi connectivity index (χ0n) is 9.10. The molecular formula is C10H18F3NO. The van der Waals surface area contributed by atoms with E-state index in [2.05, 4.69) is 5.32 Å². The maximum absolute atomic E-state index is 12.5. The first-order valence-corrected chi connectivity index (χ1v) is 5.37. The van der Waals surface area contributed by atoms with Gasteiger partial charge in [0.25, 0.3) is 0 Å². The lowest BCUT2D eigenvalue weighted by Gasteiger charge is -2.35. The number of nitrogens with one attached hydrogen (secondary N) is 1. The molecule has 3 unspecified atom stereocenters. The third-order valence-corrected chi connectivity index (χ3v) is 2.55. The Morgan fingerprint density at radius 2 is 2.00 bits per heavy atom. The van der Waals surface area contributed by atoms with E-state index in [1.165, 1.54) is 0 Å². The quantitative estimate of drug-likeness (QED) is 0.796. The smallest absolute Gasteiger partial charge is 0.378 e. The van der Waals surface area contributed by atoms with Gasteiger partial charge in [0.2, 0.25) is 0 Å². The Bertz CT molecular complexity index is 196. The zero-order valence-corrected chi connectivity index (χ0v) is 9.10. The van der Waals surface area contributed by atoms with Crippen LogP contribution in [0.3, 0.4) is 0 Å². The van der Waals surface area contributed by atoms with Crippen LogP contribution in [-0.4, -0.2) is 31.0 Å². The maximum atomic E-state index is 12.5. The van der Waals surface area contributed by atoms with Crippen molar-refractivity contribution in [2.24, 2.45) is 0 Å². The van der Waals surface area contributed by atoms with Gasteiger partial charge in [0.15, 0.2) is 0 Å². The van der Waals surface area contributed by atoms with E-state index in [-0.39, 0.29) is 18.6 Å². The van der Waals surface area contributed by atoms with E-state index < -0.39 is 12.2 Å². The monoisotopic (exact) mass is 225 g/mol. The standard InChI is InChI=1S/C10H18F3NO/c1-3-4-15-8-5-7(2)14-9(6-8)10(11,12)13/h7-9,14H,3-6H2,1-2H3. The van der Waals surface area contributed by atoms with Crippen molar-refractivity contribution in [1.29, 1.82) is 0 Å². The second-order valence-corrected chi connectivity index (χ2v) is 4.13. The fourth-order valence-corrected chi connectivity index (χ4v) is 1.88. The van der Waals surface area contributed by atoms with Crippen LogP contribution >= 0.6 is 0 Å². The average molecular weight is 225 g/mol. The van der Waals surface area contributed by atoms with Crippen LogP contribution in [0.5, 0.6) is 0 Å². The lowest BCUT2D eigenvalue weighted by atomic mass is 9.96. The minimum Gasteiger partial charge on any atom is -0.378 e. The van der Waals surface area contributed by atoms with E-state index in [4.69, 9.17) is 4.74 Å². The highest BCUT2D eigenvalue weighted by atomic mass is 19.4. The average Bonchev–Trinajstić information content (AvgIpc) is 2.12. The Morgan fingerprint density at radius 3 is 2.53 bits per heavy atom. The second kappa shape index (κ2) is 5.16. The molecule has 0 radical (unpaired) electrons. The summed E-state index contributed by atoms with van der Waals surface area (Å²) in [6.45, 7) is 4.26. The van der Waals surface area contributed by atoms with Crippen molar-refractivity contribution < 1.29 is 17.9 Å². The van der Waals surface area contributed by atoms with Gasteiger partial charge in [-0.1, -0.05) is 6.92 Å². The van der Waals surface area contributed by atoms with Gasteiger partial charge in [-0.15, -0.1) is 0 Å². The summed E-state index contributed by atoms with van der Waals surface area (Å²) >= 11 is 0. The lowest BCUT2D eigenvalue weighted by Crippen LogP contribution is -2.53. The van der Waals surface area contributed by atoms with Crippen LogP contribution in [-0.2, 0) is 4.74 Å².